The van der Waals surface area contributed by atoms with E-state index in [-0.39, 0.29) is 35.0 Å². The van der Waals surface area contributed by atoms with E-state index in [0.29, 0.717) is 29.6 Å². The Kier molecular flexibility index (Phi) is 4.93. The first-order valence-electron chi connectivity index (χ1n) is 8.94. The summed E-state index contributed by atoms with van der Waals surface area (Å²) < 4.78 is 5.41. The van der Waals surface area contributed by atoms with E-state index in [1.165, 1.54) is 17.1 Å². The standard InChI is InChI=1S/C19H16N6O4S/c1-3-4-20-17(27)11-6-24(7-11)13-5-10(2)14-15(26)12(18(28)29)8-25(16(14)23-13)19-21-9-22-30-19/h1,5,8-9,11H,4,6-7H2,2H3,(H,20,27)(H,28,29). The molecule has 10 nitrogen and oxygen atoms in total. The fourth-order valence-electron chi connectivity index (χ4n) is 3.32. The van der Waals surface area contributed by atoms with Crippen molar-refractivity contribution < 1.29 is 14.7 Å². The minimum Gasteiger partial charge on any atom is -0.477 e. The van der Waals surface area contributed by atoms with Crippen LogP contribution in [0.2, 0.25) is 0 Å². The van der Waals surface area contributed by atoms with E-state index < -0.39 is 11.4 Å². The van der Waals surface area contributed by atoms with Crippen LogP contribution in [0.25, 0.3) is 16.2 Å². The van der Waals surface area contributed by atoms with Gasteiger partial charge < -0.3 is 15.3 Å². The average Bonchev–Trinajstić information content (AvgIpc) is 3.19. The molecule has 30 heavy (non-hydrogen) atoms. The molecule has 4 rings (SSSR count). The van der Waals surface area contributed by atoms with Crippen LogP contribution in [-0.2, 0) is 4.79 Å². The third-order valence-electron chi connectivity index (χ3n) is 4.87. The lowest BCUT2D eigenvalue weighted by molar-refractivity contribution is -0.125. The predicted octanol–water partition coefficient (Wildman–Crippen LogP) is 0.429. The fourth-order valence-corrected chi connectivity index (χ4v) is 3.83. The van der Waals surface area contributed by atoms with Gasteiger partial charge in [-0.05, 0) is 18.6 Å². The molecule has 11 heteroatoms. The Bertz CT molecular complexity index is 1250. The number of terminal acetylenes is 1. The monoisotopic (exact) mass is 424 g/mol. The Morgan fingerprint density at radius 2 is 2.20 bits per heavy atom. The van der Waals surface area contributed by atoms with Gasteiger partial charge in [0.1, 0.15) is 17.7 Å². The highest BCUT2D eigenvalue weighted by Crippen LogP contribution is 2.28. The number of aromatic carboxylic acids is 1. The third kappa shape index (κ3) is 3.27. The smallest absolute Gasteiger partial charge is 0.341 e. The van der Waals surface area contributed by atoms with Gasteiger partial charge in [-0.2, -0.15) is 4.37 Å². The second-order valence-corrected chi connectivity index (χ2v) is 7.55. The third-order valence-corrected chi connectivity index (χ3v) is 5.53. The molecule has 1 aliphatic rings. The Labute approximate surface area is 174 Å². The van der Waals surface area contributed by atoms with Crippen LogP contribution in [0.3, 0.4) is 0 Å². The summed E-state index contributed by atoms with van der Waals surface area (Å²) in [6, 6.07) is 1.72. The van der Waals surface area contributed by atoms with Crippen LogP contribution < -0.4 is 15.6 Å². The molecule has 1 saturated heterocycles. The molecule has 152 valence electrons. The number of rotatable bonds is 5. The molecule has 0 atom stereocenters. The van der Waals surface area contributed by atoms with Gasteiger partial charge in [-0.15, -0.1) is 6.42 Å². The average molecular weight is 424 g/mol. The van der Waals surface area contributed by atoms with Crippen LogP contribution in [0.5, 0.6) is 0 Å². The number of pyridine rings is 2. The molecule has 0 unspecified atom stereocenters. The SMILES string of the molecule is C#CCNC(=O)C1CN(c2cc(C)c3c(=O)c(C(=O)O)cn(-c4ncns4)c3n2)C1. The van der Waals surface area contributed by atoms with Crippen molar-refractivity contribution in [2.75, 3.05) is 24.5 Å². The zero-order valence-corrected chi connectivity index (χ0v) is 16.6. The molecule has 3 aromatic rings. The highest BCUT2D eigenvalue weighted by atomic mass is 32.1. The molecule has 3 aromatic heterocycles. The maximum atomic E-state index is 12.8. The summed E-state index contributed by atoms with van der Waals surface area (Å²) in [5.41, 5.74) is -0.104. The molecule has 0 aromatic carbocycles. The number of aromatic nitrogens is 4. The number of nitrogens with zero attached hydrogens (tertiary/aromatic N) is 5. The van der Waals surface area contributed by atoms with Crippen LogP contribution in [0.4, 0.5) is 5.82 Å². The second kappa shape index (κ2) is 7.57. The van der Waals surface area contributed by atoms with Crippen molar-refractivity contribution in [2.45, 2.75) is 6.92 Å². The Hall–Kier alpha value is -3.78. The van der Waals surface area contributed by atoms with Crippen molar-refractivity contribution in [3.05, 3.63) is 39.9 Å². The van der Waals surface area contributed by atoms with E-state index in [1.807, 2.05) is 4.90 Å². The van der Waals surface area contributed by atoms with Crippen molar-refractivity contribution in [1.29, 1.82) is 0 Å². The van der Waals surface area contributed by atoms with Crippen molar-refractivity contribution >= 4 is 40.3 Å². The van der Waals surface area contributed by atoms with Gasteiger partial charge in [-0.1, -0.05) is 5.92 Å². The number of carboxylic acid groups (broad SMARTS) is 1. The molecular weight excluding hydrogens is 408 g/mol. The summed E-state index contributed by atoms with van der Waals surface area (Å²) >= 11 is 1.05. The van der Waals surface area contributed by atoms with Gasteiger partial charge in [0.2, 0.25) is 16.5 Å². The summed E-state index contributed by atoms with van der Waals surface area (Å²) in [6.07, 6.45) is 7.72. The van der Waals surface area contributed by atoms with Gasteiger partial charge in [0.25, 0.3) is 0 Å². The maximum absolute atomic E-state index is 12.8. The van der Waals surface area contributed by atoms with E-state index in [9.17, 15) is 19.5 Å². The molecule has 1 fully saturated rings. The molecule has 0 radical (unpaired) electrons. The van der Waals surface area contributed by atoms with Crippen LogP contribution in [0.1, 0.15) is 15.9 Å². The van der Waals surface area contributed by atoms with Gasteiger partial charge in [0.05, 0.1) is 17.8 Å². The molecule has 0 saturated carbocycles. The molecule has 4 heterocycles. The van der Waals surface area contributed by atoms with Crippen molar-refractivity contribution in [2.24, 2.45) is 5.92 Å². The van der Waals surface area contributed by atoms with Gasteiger partial charge in [-0.25, -0.2) is 14.8 Å². The molecular formula is C19H16N6O4S. The fraction of sp³-hybridized carbons (Fsp3) is 0.263. The highest BCUT2D eigenvalue weighted by Gasteiger charge is 2.34. The summed E-state index contributed by atoms with van der Waals surface area (Å²) in [5.74, 6) is 1.31. The lowest BCUT2D eigenvalue weighted by Gasteiger charge is -2.39. The zero-order valence-electron chi connectivity index (χ0n) is 15.8. The van der Waals surface area contributed by atoms with Crippen molar-refractivity contribution in [3.8, 4) is 17.5 Å². The summed E-state index contributed by atoms with van der Waals surface area (Å²) in [7, 11) is 0. The van der Waals surface area contributed by atoms with Crippen LogP contribution >= 0.6 is 11.5 Å². The Morgan fingerprint density at radius 3 is 2.83 bits per heavy atom. The predicted molar refractivity (Wildman–Crippen MR) is 110 cm³/mol. The van der Waals surface area contributed by atoms with Crippen LogP contribution in [-0.4, -0.2) is 55.5 Å². The van der Waals surface area contributed by atoms with Gasteiger partial charge in [0.15, 0.2) is 5.65 Å². The highest BCUT2D eigenvalue weighted by molar-refractivity contribution is 7.08. The van der Waals surface area contributed by atoms with E-state index in [1.54, 1.807) is 13.0 Å². The molecule has 1 amide bonds. The number of fused-ring (bicyclic) bond motifs is 1. The summed E-state index contributed by atoms with van der Waals surface area (Å²) in [5, 5.41) is 12.7. The van der Waals surface area contributed by atoms with Crippen LogP contribution in [0, 0.1) is 25.2 Å². The minimum atomic E-state index is -1.33. The molecule has 0 aliphatic carbocycles. The van der Waals surface area contributed by atoms with Crippen molar-refractivity contribution in [3.63, 3.8) is 0 Å². The lowest BCUT2D eigenvalue weighted by Crippen LogP contribution is -2.54. The zero-order chi connectivity index (χ0) is 21.4. The summed E-state index contributed by atoms with van der Waals surface area (Å²) in [6.45, 7) is 2.83. The Morgan fingerprint density at radius 1 is 1.43 bits per heavy atom. The van der Waals surface area contributed by atoms with Gasteiger partial charge >= 0.3 is 5.97 Å². The van der Waals surface area contributed by atoms with Crippen LogP contribution in [0.15, 0.2) is 23.4 Å². The van der Waals surface area contributed by atoms with E-state index in [4.69, 9.17) is 6.42 Å². The number of carbonyl (C=O) groups excluding carboxylic acids is 1. The first-order chi connectivity index (χ1) is 14.4. The van der Waals surface area contributed by atoms with Crippen molar-refractivity contribution in [1.82, 2.24) is 24.2 Å². The largest absolute Gasteiger partial charge is 0.477 e. The second-order valence-electron chi connectivity index (χ2n) is 6.79. The summed E-state index contributed by atoms with van der Waals surface area (Å²) in [4.78, 5) is 47.0. The first kappa shape index (κ1) is 19.5. The number of aryl methyl sites for hydroxylation is 1. The minimum absolute atomic E-state index is 0.112. The molecule has 0 spiro atoms. The van der Waals surface area contributed by atoms with E-state index in [2.05, 4.69) is 25.6 Å². The number of hydrogen-bond acceptors (Lipinski definition) is 8. The number of carboxylic acids is 1. The maximum Gasteiger partial charge on any atom is 0.341 e. The molecule has 0 bridgehead atoms. The first-order valence-corrected chi connectivity index (χ1v) is 9.71. The van der Waals surface area contributed by atoms with E-state index in [0.717, 1.165) is 11.5 Å². The lowest BCUT2D eigenvalue weighted by atomic mass is 9.98. The Balaban J connectivity index is 1.77. The topological polar surface area (TPSA) is 130 Å². The number of carbonyl (C=O) groups is 2. The molecule has 1 aliphatic heterocycles. The quantitative estimate of drug-likeness (QED) is 0.564. The number of nitrogens with one attached hydrogen (secondary N) is 1. The van der Waals surface area contributed by atoms with Gasteiger partial charge in [-0.3, -0.25) is 14.2 Å². The number of amides is 1. The normalized spacial score (nSPS) is 13.7. The number of anilines is 1. The van der Waals surface area contributed by atoms with E-state index >= 15 is 0 Å². The number of hydrogen-bond donors (Lipinski definition) is 2. The van der Waals surface area contributed by atoms with Gasteiger partial charge in [0, 0.05) is 30.8 Å². The molecule has 2 N–H and O–H groups in total.